The van der Waals surface area contributed by atoms with Crippen LogP contribution < -0.4 is 0 Å². The highest BCUT2D eigenvalue weighted by Crippen LogP contribution is 2.20. The molecule has 0 spiro atoms. The predicted octanol–water partition coefficient (Wildman–Crippen LogP) is 3.17. The van der Waals surface area contributed by atoms with Gasteiger partial charge in [0.25, 0.3) is 0 Å². The van der Waals surface area contributed by atoms with E-state index in [0.717, 1.165) is 6.42 Å². The van der Waals surface area contributed by atoms with Crippen LogP contribution in [0.3, 0.4) is 0 Å². The number of hydrogen-bond donors (Lipinski definition) is 1. The molecule has 104 valence electrons. The zero-order valence-corrected chi connectivity index (χ0v) is 11.8. The second-order valence-electron chi connectivity index (χ2n) is 4.73. The lowest BCUT2D eigenvalue weighted by Gasteiger charge is -2.24. The smallest absolute Gasteiger partial charge is 0.357 e. The molecule has 1 N–H and O–H groups in total. The average molecular weight is 286 g/mol. The average Bonchev–Trinajstić information content (AvgIpc) is 2.28. The van der Waals surface area contributed by atoms with Gasteiger partial charge in [-0.2, -0.15) is 0 Å². The molecule has 1 aromatic rings. The molecule has 0 amide bonds. The van der Waals surface area contributed by atoms with Gasteiger partial charge in [-0.15, -0.1) is 0 Å². The topological polar surface area (TPSA) is 76.5 Å². The van der Waals surface area contributed by atoms with Crippen LogP contribution >= 0.6 is 11.6 Å². The first-order chi connectivity index (χ1) is 8.76. The number of aromatic carboxylic acids is 1. The Balaban J connectivity index is 2.95. The van der Waals surface area contributed by atoms with E-state index in [1.165, 1.54) is 12.1 Å². The Bertz CT molecular complexity index is 499. The van der Waals surface area contributed by atoms with Gasteiger partial charge in [0.1, 0.15) is 11.3 Å². The van der Waals surface area contributed by atoms with Crippen molar-refractivity contribution in [3.05, 3.63) is 28.5 Å². The van der Waals surface area contributed by atoms with Crippen molar-refractivity contribution in [1.29, 1.82) is 0 Å². The van der Waals surface area contributed by atoms with E-state index in [-0.39, 0.29) is 16.4 Å². The minimum Gasteiger partial charge on any atom is -0.476 e. The first-order valence-electron chi connectivity index (χ1n) is 5.90. The SMILES string of the molecule is CCCC(C)(C)OC(=O)c1ccc(Cl)c(C(=O)O)n1. The number of carboxylic acid groups (broad SMARTS) is 1. The van der Waals surface area contributed by atoms with E-state index in [4.69, 9.17) is 21.4 Å². The van der Waals surface area contributed by atoms with Gasteiger partial charge in [0.2, 0.25) is 0 Å². The number of ether oxygens (including phenoxy) is 1. The molecule has 0 atom stereocenters. The van der Waals surface area contributed by atoms with Crippen molar-refractivity contribution in [2.45, 2.75) is 39.2 Å². The van der Waals surface area contributed by atoms with Crippen molar-refractivity contribution in [3.8, 4) is 0 Å². The number of carboxylic acids is 1. The maximum atomic E-state index is 11.9. The van der Waals surface area contributed by atoms with Gasteiger partial charge in [0.05, 0.1) is 5.02 Å². The molecule has 0 radical (unpaired) electrons. The Morgan fingerprint density at radius 3 is 2.58 bits per heavy atom. The Labute approximate surface area is 116 Å². The lowest BCUT2D eigenvalue weighted by molar-refractivity contribution is -0.00535. The van der Waals surface area contributed by atoms with Gasteiger partial charge in [-0.3, -0.25) is 0 Å². The van der Waals surface area contributed by atoms with Gasteiger partial charge in [-0.05, 0) is 32.4 Å². The third kappa shape index (κ3) is 4.21. The van der Waals surface area contributed by atoms with E-state index < -0.39 is 17.5 Å². The minimum atomic E-state index is -1.28. The second kappa shape index (κ2) is 6.02. The summed E-state index contributed by atoms with van der Waals surface area (Å²) in [6.45, 7) is 5.57. The van der Waals surface area contributed by atoms with Crippen molar-refractivity contribution < 1.29 is 19.4 Å². The van der Waals surface area contributed by atoms with Gasteiger partial charge < -0.3 is 9.84 Å². The van der Waals surface area contributed by atoms with Gasteiger partial charge >= 0.3 is 11.9 Å². The van der Waals surface area contributed by atoms with Crippen LogP contribution in [0.25, 0.3) is 0 Å². The van der Waals surface area contributed by atoms with Gasteiger partial charge in [-0.1, -0.05) is 24.9 Å². The van der Waals surface area contributed by atoms with Crippen LogP contribution in [0, 0.1) is 0 Å². The number of rotatable bonds is 5. The molecule has 0 fully saturated rings. The molecule has 19 heavy (non-hydrogen) atoms. The quantitative estimate of drug-likeness (QED) is 0.841. The lowest BCUT2D eigenvalue weighted by atomic mass is 10.0. The van der Waals surface area contributed by atoms with Crippen molar-refractivity contribution in [2.24, 2.45) is 0 Å². The summed E-state index contributed by atoms with van der Waals surface area (Å²) >= 11 is 5.68. The van der Waals surface area contributed by atoms with Gasteiger partial charge in [-0.25, -0.2) is 14.6 Å². The number of hydrogen-bond acceptors (Lipinski definition) is 4. The summed E-state index contributed by atoms with van der Waals surface area (Å²) in [5.74, 6) is -1.94. The minimum absolute atomic E-state index is 0.0168. The summed E-state index contributed by atoms with van der Waals surface area (Å²) in [7, 11) is 0. The summed E-state index contributed by atoms with van der Waals surface area (Å²) in [5, 5.41) is 8.87. The zero-order valence-electron chi connectivity index (χ0n) is 11.1. The van der Waals surface area contributed by atoms with Crippen molar-refractivity contribution in [3.63, 3.8) is 0 Å². The summed E-state index contributed by atoms with van der Waals surface area (Å²) in [6, 6.07) is 2.67. The lowest BCUT2D eigenvalue weighted by Crippen LogP contribution is -2.28. The van der Waals surface area contributed by atoms with Crippen LogP contribution in [-0.4, -0.2) is 27.6 Å². The molecule has 0 unspecified atom stereocenters. The standard InChI is InChI=1S/C13H16ClNO4/c1-4-7-13(2,3)19-12(18)9-6-5-8(14)10(15-9)11(16)17/h5-6H,4,7H2,1-3H3,(H,16,17). The predicted molar refractivity (Wildman–Crippen MR) is 70.6 cm³/mol. The third-order valence-corrected chi connectivity index (χ3v) is 2.78. The van der Waals surface area contributed by atoms with Gasteiger partial charge in [0.15, 0.2) is 5.69 Å². The van der Waals surface area contributed by atoms with Gasteiger partial charge in [0, 0.05) is 0 Å². The molecule has 0 saturated carbocycles. The largest absolute Gasteiger partial charge is 0.476 e. The van der Waals surface area contributed by atoms with E-state index in [0.29, 0.717) is 6.42 Å². The van der Waals surface area contributed by atoms with Crippen LogP contribution in [0.2, 0.25) is 5.02 Å². The fourth-order valence-electron chi connectivity index (χ4n) is 1.66. The zero-order chi connectivity index (χ0) is 14.6. The highest BCUT2D eigenvalue weighted by Gasteiger charge is 2.24. The molecule has 0 aliphatic heterocycles. The second-order valence-corrected chi connectivity index (χ2v) is 5.14. The Morgan fingerprint density at radius 1 is 1.42 bits per heavy atom. The Kier molecular flexibility index (Phi) is 4.89. The molecule has 0 aliphatic rings. The van der Waals surface area contributed by atoms with E-state index in [9.17, 15) is 9.59 Å². The number of aromatic nitrogens is 1. The monoisotopic (exact) mass is 285 g/mol. The van der Waals surface area contributed by atoms with E-state index >= 15 is 0 Å². The van der Waals surface area contributed by atoms with Crippen LogP contribution in [0.4, 0.5) is 0 Å². The van der Waals surface area contributed by atoms with Crippen LogP contribution in [0.1, 0.15) is 54.6 Å². The highest BCUT2D eigenvalue weighted by molar-refractivity contribution is 6.33. The third-order valence-electron chi connectivity index (χ3n) is 2.48. The highest BCUT2D eigenvalue weighted by atomic mass is 35.5. The molecule has 0 aliphatic carbocycles. The molecule has 0 saturated heterocycles. The molecular weight excluding hydrogens is 270 g/mol. The molecule has 0 bridgehead atoms. The fraction of sp³-hybridized carbons (Fsp3) is 0.462. The molecule has 6 heteroatoms. The first-order valence-corrected chi connectivity index (χ1v) is 6.28. The number of halogens is 1. The van der Waals surface area contributed by atoms with E-state index in [2.05, 4.69) is 4.98 Å². The maximum absolute atomic E-state index is 11.9. The number of carbonyl (C=O) groups is 2. The molecule has 1 heterocycles. The summed E-state index contributed by atoms with van der Waals surface area (Å²) in [6.07, 6.45) is 1.58. The summed E-state index contributed by atoms with van der Waals surface area (Å²) in [5.41, 5.74) is -1.04. The Morgan fingerprint density at radius 2 is 2.05 bits per heavy atom. The van der Waals surface area contributed by atoms with Crippen LogP contribution in [-0.2, 0) is 4.74 Å². The fourth-order valence-corrected chi connectivity index (χ4v) is 1.85. The van der Waals surface area contributed by atoms with E-state index in [1.54, 1.807) is 13.8 Å². The maximum Gasteiger partial charge on any atom is 0.357 e. The number of nitrogens with zero attached hydrogens (tertiary/aromatic N) is 1. The molecule has 0 aromatic carbocycles. The van der Waals surface area contributed by atoms with Crippen molar-refractivity contribution in [1.82, 2.24) is 4.98 Å². The van der Waals surface area contributed by atoms with Crippen LogP contribution in [0.15, 0.2) is 12.1 Å². The molecule has 1 aromatic heterocycles. The van der Waals surface area contributed by atoms with Crippen LogP contribution in [0.5, 0.6) is 0 Å². The number of pyridine rings is 1. The molecule has 5 nitrogen and oxygen atoms in total. The van der Waals surface area contributed by atoms with Crippen molar-refractivity contribution in [2.75, 3.05) is 0 Å². The number of carbonyl (C=O) groups excluding carboxylic acids is 1. The molecular formula is C13H16ClNO4. The van der Waals surface area contributed by atoms with E-state index in [1.807, 2.05) is 6.92 Å². The summed E-state index contributed by atoms with van der Waals surface area (Å²) in [4.78, 5) is 26.5. The molecule has 1 rings (SSSR count). The normalized spacial score (nSPS) is 11.2. The van der Waals surface area contributed by atoms with Crippen molar-refractivity contribution >= 4 is 23.5 Å². The Hall–Kier alpha value is -1.62. The first kappa shape index (κ1) is 15.4. The number of esters is 1. The summed E-state index contributed by atoms with van der Waals surface area (Å²) < 4.78 is 5.30.